The van der Waals surface area contributed by atoms with Gasteiger partial charge in [0.15, 0.2) is 0 Å². The van der Waals surface area contributed by atoms with Crippen LogP contribution in [0.5, 0.6) is 0 Å². The Kier molecular flexibility index (Phi) is 3.99. The Bertz CT molecular complexity index is 624. The third kappa shape index (κ3) is 3.10. The molecule has 0 fully saturated rings. The molecule has 0 heterocycles. The van der Waals surface area contributed by atoms with Crippen molar-refractivity contribution >= 4 is 12.2 Å². The second kappa shape index (κ2) is 5.68. The predicted octanol–water partition coefficient (Wildman–Crippen LogP) is 3.41. The van der Waals surface area contributed by atoms with Gasteiger partial charge in [0, 0.05) is 0 Å². The lowest BCUT2D eigenvalue weighted by molar-refractivity contribution is 1.21. The molecule has 0 aromatic heterocycles. The summed E-state index contributed by atoms with van der Waals surface area (Å²) in [6.45, 7) is 8.04. The average Bonchev–Trinajstić information content (AvgIpc) is 2.36. The number of benzene rings is 1. The van der Waals surface area contributed by atoms with Crippen molar-refractivity contribution in [2.24, 2.45) is 0 Å². The lowest BCUT2D eigenvalue weighted by atomic mass is 10.0. The van der Waals surface area contributed by atoms with Crippen molar-refractivity contribution in [3.63, 3.8) is 0 Å². The Labute approximate surface area is 109 Å². The Morgan fingerprint density at radius 2 is 2.17 bits per heavy atom. The Morgan fingerprint density at radius 3 is 2.94 bits per heavy atom. The van der Waals surface area contributed by atoms with Gasteiger partial charge in [-0.05, 0) is 42.7 Å². The molecule has 0 atom stereocenters. The van der Waals surface area contributed by atoms with Gasteiger partial charge in [-0.3, -0.25) is 0 Å². The molecule has 0 bridgehead atoms. The molecule has 0 radical (unpaired) electrons. The van der Waals surface area contributed by atoms with Crippen LogP contribution < -0.4 is 10.4 Å². The molecule has 92 valence electrons. The molecule has 0 spiro atoms. The topological polar surface area (TPSA) is 0 Å². The fourth-order valence-electron chi connectivity index (χ4n) is 2.15. The second-order valence-electron chi connectivity index (χ2n) is 4.93. The fourth-order valence-corrected chi connectivity index (χ4v) is 2.15. The van der Waals surface area contributed by atoms with Crippen LogP contribution in [0.4, 0.5) is 0 Å². The molecule has 0 saturated carbocycles. The molecule has 0 N–H and O–H groups in total. The summed E-state index contributed by atoms with van der Waals surface area (Å²) in [4.78, 5) is 0. The van der Waals surface area contributed by atoms with E-state index in [9.17, 15) is 0 Å². The largest absolute Gasteiger partial charge is 0.103 e. The Morgan fingerprint density at radius 1 is 1.33 bits per heavy atom. The van der Waals surface area contributed by atoms with E-state index in [1.807, 2.05) is 6.08 Å². The summed E-state index contributed by atoms with van der Waals surface area (Å²) in [7, 11) is 0. The molecule has 1 aromatic carbocycles. The summed E-state index contributed by atoms with van der Waals surface area (Å²) in [6, 6.07) is 6.63. The molecule has 2 rings (SSSR count). The molecule has 0 aliphatic heterocycles. The molecule has 0 unspecified atom stereocenters. The fraction of sp³-hybridized carbons (Fsp3) is 0.222. The normalized spacial score (nSPS) is 16.8. The van der Waals surface area contributed by atoms with Crippen LogP contribution in [0.25, 0.3) is 12.2 Å². The van der Waals surface area contributed by atoms with Crippen LogP contribution in [0.2, 0.25) is 0 Å². The molecule has 0 heteroatoms. The first-order chi connectivity index (χ1) is 8.69. The number of allylic oxidation sites excluding steroid dienone is 5. The van der Waals surface area contributed by atoms with Crippen molar-refractivity contribution < 1.29 is 0 Å². The summed E-state index contributed by atoms with van der Waals surface area (Å²) in [5, 5.41) is 2.69. The molecule has 18 heavy (non-hydrogen) atoms. The standard InChI is InChI=1S/C18H20/c1-4-5-14(2)6-8-16-9-11-17-12-15(3)7-10-18(17)13-16/h4,6-8,10-13H,1,5,9H2,2-3H3. The summed E-state index contributed by atoms with van der Waals surface area (Å²) in [5.74, 6) is 0. The van der Waals surface area contributed by atoms with Crippen molar-refractivity contribution in [2.75, 3.05) is 0 Å². The van der Waals surface area contributed by atoms with Crippen LogP contribution in [0.3, 0.4) is 0 Å². The first kappa shape index (κ1) is 12.6. The second-order valence-corrected chi connectivity index (χ2v) is 4.93. The van der Waals surface area contributed by atoms with Crippen LogP contribution in [0.15, 0.2) is 54.2 Å². The monoisotopic (exact) mass is 236 g/mol. The van der Waals surface area contributed by atoms with Crippen LogP contribution >= 0.6 is 0 Å². The minimum absolute atomic E-state index is 0.962. The van der Waals surface area contributed by atoms with Crippen molar-refractivity contribution in [1.82, 2.24) is 0 Å². The van der Waals surface area contributed by atoms with E-state index in [2.05, 4.69) is 62.9 Å². The maximum absolute atomic E-state index is 3.76. The van der Waals surface area contributed by atoms with E-state index >= 15 is 0 Å². The third-order valence-corrected chi connectivity index (χ3v) is 3.19. The van der Waals surface area contributed by atoms with E-state index in [-0.39, 0.29) is 0 Å². The summed E-state index contributed by atoms with van der Waals surface area (Å²) >= 11 is 0. The minimum Gasteiger partial charge on any atom is -0.103 e. The zero-order valence-corrected chi connectivity index (χ0v) is 11.2. The number of rotatable bonds is 3. The van der Waals surface area contributed by atoms with Gasteiger partial charge in [0.05, 0.1) is 0 Å². The van der Waals surface area contributed by atoms with E-state index in [4.69, 9.17) is 0 Å². The van der Waals surface area contributed by atoms with Gasteiger partial charge in [-0.2, -0.15) is 0 Å². The van der Waals surface area contributed by atoms with E-state index in [1.54, 1.807) is 0 Å². The molecular weight excluding hydrogens is 216 g/mol. The summed E-state index contributed by atoms with van der Waals surface area (Å²) in [5.41, 5.74) is 4.04. The highest BCUT2D eigenvalue weighted by atomic mass is 14.0. The molecule has 1 aromatic rings. The van der Waals surface area contributed by atoms with Gasteiger partial charge in [-0.25, -0.2) is 0 Å². The van der Waals surface area contributed by atoms with Gasteiger partial charge >= 0.3 is 0 Å². The molecular formula is C18H20. The smallest absolute Gasteiger partial charge is 0.00880 e. The minimum atomic E-state index is 0.962. The van der Waals surface area contributed by atoms with Crippen LogP contribution in [0, 0.1) is 6.92 Å². The van der Waals surface area contributed by atoms with Gasteiger partial charge in [0.2, 0.25) is 0 Å². The molecule has 1 aliphatic carbocycles. The molecule has 0 amide bonds. The predicted molar refractivity (Wildman–Crippen MR) is 80.6 cm³/mol. The van der Waals surface area contributed by atoms with Gasteiger partial charge in [0.1, 0.15) is 0 Å². The van der Waals surface area contributed by atoms with Crippen LogP contribution in [0.1, 0.15) is 25.3 Å². The highest BCUT2D eigenvalue weighted by molar-refractivity contribution is 5.57. The van der Waals surface area contributed by atoms with E-state index < -0.39 is 0 Å². The zero-order chi connectivity index (χ0) is 13.0. The van der Waals surface area contributed by atoms with Crippen molar-refractivity contribution in [2.45, 2.75) is 26.7 Å². The van der Waals surface area contributed by atoms with Crippen LogP contribution in [-0.4, -0.2) is 0 Å². The van der Waals surface area contributed by atoms with Crippen molar-refractivity contribution in [1.29, 1.82) is 0 Å². The molecule has 0 saturated heterocycles. The first-order valence-corrected chi connectivity index (χ1v) is 6.45. The highest BCUT2D eigenvalue weighted by Gasteiger charge is 1.98. The van der Waals surface area contributed by atoms with Crippen molar-refractivity contribution in [3.05, 3.63) is 70.2 Å². The maximum atomic E-state index is 3.76. The zero-order valence-electron chi connectivity index (χ0n) is 11.2. The van der Waals surface area contributed by atoms with E-state index in [1.165, 1.54) is 27.1 Å². The van der Waals surface area contributed by atoms with E-state index in [0.717, 1.165) is 12.8 Å². The van der Waals surface area contributed by atoms with Crippen LogP contribution in [-0.2, 0) is 0 Å². The SMILES string of the molecule is C=CCC(C)=CC=C1C=c2ccc(C)cc2=CC1. The van der Waals surface area contributed by atoms with Gasteiger partial charge < -0.3 is 0 Å². The lowest BCUT2D eigenvalue weighted by Gasteiger charge is -2.05. The molecule has 0 nitrogen and oxygen atoms in total. The number of aryl methyl sites for hydroxylation is 1. The highest BCUT2D eigenvalue weighted by Crippen LogP contribution is 2.09. The van der Waals surface area contributed by atoms with E-state index in [0.29, 0.717) is 0 Å². The number of hydrogen-bond donors (Lipinski definition) is 0. The number of fused-ring (bicyclic) bond motifs is 1. The Hall–Kier alpha value is -1.82. The lowest BCUT2D eigenvalue weighted by Crippen LogP contribution is -2.26. The van der Waals surface area contributed by atoms with Gasteiger partial charge in [0.25, 0.3) is 0 Å². The van der Waals surface area contributed by atoms with Gasteiger partial charge in [-0.15, -0.1) is 6.58 Å². The summed E-state index contributed by atoms with van der Waals surface area (Å²) in [6.07, 6.45) is 12.9. The van der Waals surface area contributed by atoms with Gasteiger partial charge in [-0.1, -0.05) is 59.7 Å². The van der Waals surface area contributed by atoms with Crippen molar-refractivity contribution in [3.8, 4) is 0 Å². The maximum Gasteiger partial charge on any atom is -0.00880 e. The quantitative estimate of drug-likeness (QED) is 0.706. The third-order valence-electron chi connectivity index (χ3n) is 3.19. The summed E-state index contributed by atoms with van der Waals surface area (Å²) < 4.78 is 0. The average molecular weight is 236 g/mol. The Balaban J connectivity index is 2.31. The first-order valence-electron chi connectivity index (χ1n) is 6.45. The molecule has 1 aliphatic rings. The number of hydrogen-bond acceptors (Lipinski definition) is 0.